The van der Waals surface area contributed by atoms with Crippen molar-refractivity contribution in [3.8, 4) is 11.5 Å². The number of carbonyl (C=O) groups is 2. The number of para-hydroxylation sites is 2. The van der Waals surface area contributed by atoms with E-state index in [4.69, 9.17) is 13.9 Å². The Labute approximate surface area is 153 Å². The Balaban J connectivity index is 1.45. The lowest BCUT2D eigenvalue weighted by atomic mass is 9.91. The van der Waals surface area contributed by atoms with Gasteiger partial charge >= 0.3 is 6.03 Å². The van der Waals surface area contributed by atoms with E-state index in [1.54, 1.807) is 31.2 Å². The van der Waals surface area contributed by atoms with Crippen LogP contribution in [-0.4, -0.2) is 28.6 Å². The van der Waals surface area contributed by atoms with Crippen molar-refractivity contribution >= 4 is 23.0 Å². The van der Waals surface area contributed by atoms with Crippen LogP contribution in [0.1, 0.15) is 18.4 Å². The molecule has 0 spiro atoms. The van der Waals surface area contributed by atoms with Gasteiger partial charge in [-0.15, -0.1) is 0 Å². The van der Waals surface area contributed by atoms with Gasteiger partial charge in [0, 0.05) is 0 Å². The van der Waals surface area contributed by atoms with Gasteiger partial charge in [0.1, 0.15) is 17.6 Å². The van der Waals surface area contributed by atoms with E-state index in [1.807, 2.05) is 18.2 Å². The third kappa shape index (κ3) is 2.33. The zero-order chi connectivity index (χ0) is 18.6. The van der Waals surface area contributed by atoms with Crippen LogP contribution in [0.15, 0.2) is 46.9 Å². The zero-order valence-electron chi connectivity index (χ0n) is 14.4. The van der Waals surface area contributed by atoms with Crippen LogP contribution in [0.5, 0.6) is 11.5 Å². The van der Waals surface area contributed by atoms with E-state index in [9.17, 15) is 9.59 Å². The molecule has 0 saturated carbocycles. The SMILES string of the molecule is CC1(c2ccc3c(c2)OCO3)NC(=O)N(Cc2nc3ccccc3o2)C1=O. The number of amides is 3. The van der Waals surface area contributed by atoms with Crippen molar-refractivity contribution in [1.29, 1.82) is 0 Å². The first-order chi connectivity index (χ1) is 13.0. The second kappa shape index (κ2) is 5.47. The van der Waals surface area contributed by atoms with Crippen LogP contribution in [0.4, 0.5) is 4.79 Å². The van der Waals surface area contributed by atoms with Crippen LogP contribution in [0.3, 0.4) is 0 Å². The smallest absolute Gasteiger partial charge is 0.325 e. The first-order valence-corrected chi connectivity index (χ1v) is 8.43. The van der Waals surface area contributed by atoms with Crippen LogP contribution in [-0.2, 0) is 16.9 Å². The highest BCUT2D eigenvalue weighted by Gasteiger charge is 2.49. The van der Waals surface area contributed by atoms with Gasteiger partial charge in [-0.25, -0.2) is 9.78 Å². The molecule has 3 heterocycles. The molecule has 1 fully saturated rings. The minimum absolute atomic E-state index is 0.0422. The molecule has 5 rings (SSSR count). The molecule has 8 nitrogen and oxygen atoms in total. The van der Waals surface area contributed by atoms with Crippen LogP contribution in [0, 0.1) is 0 Å². The molecule has 136 valence electrons. The highest BCUT2D eigenvalue weighted by molar-refractivity contribution is 6.07. The Morgan fingerprint density at radius 2 is 1.96 bits per heavy atom. The Morgan fingerprint density at radius 1 is 1.15 bits per heavy atom. The van der Waals surface area contributed by atoms with Crippen LogP contribution >= 0.6 is 0 Å². The van der Waals surface area contributed by atoms with E-state index in [1.165, 1.54) is 0 Å². The minimum Gasteiger partial charge on any atom is -0.454 e. The number of ether oxygens (including phenoxy) is 2. The molecule has 3 amide bonds. The fourth-order valence-corrected chi connectivity index (χ4v) is 3.37. The van der Waals surface area contributed by atoms with E-state index >= 15 is 0 Å². The number of benzene rings is 2. The summed E-state index contributed by atoms with van der Waals surface area (Å²) in [5.41, 5.74) is 0.700. The molecular formula is C19H15N3O5. The second-order valence-electron chi connectivity index (χ2n) is 6.59. The number of fused-ring (bicyclic) bond motifs is 2. The van der Waals surface area contributed by atoms with Gasteiger partial charge in [0.15, 0.2) is 17.1 Å². The summed E-state index contributed by atoms with van der Waals surface area (Å²) in [7, 11) is 0. The van der Waals surface area contributed by atoms with Gasteiger partial charge in [-0.2, -0.15) is 0 Å². The predicted molar refractivity (Wildman–Crippen MR) is 93.0 cm³/mol. The van der Waals surface area contributed by atoms with Gasteiger partial charge in [-0.1, -0.05) is 18.2 Å². The van der Waals surface area contributed by atoms with Crippen LogP contribution in [0.25, 0.3) is 11.1 Å². The molecule has 1 saturated heterocycles. The third-order valence-corrected chi connectivity index (χ3v) is 4.86. The highest BCUT2D eigenvalue weighted by Crippen LogP contribution is 2.38. The number of imide groups is 1. The van der Waals surface area contributed by atoms with Crippen molar-refractivity contribution in [3.63, 3.8) is 0 Å². The average molecular weight is 365 g/mol. The molecule has 2 aromatic carbocycles. The van der Waals surface area contributed by atoms with E-state index in [0.717, 1.165) is 4.90 Å². The van der Waals surface area contributed by atoms with Crippen molar-refractivity contribution < 1.29 is 23.5 Å². The summed E-state index contributed by atoms with van der Waals surface area (Å²) >= 11 is 0. The van der Waals surface area contributed by atoms with Crippen molar-refractivity contribution in [2.24, 2.45) is 0 Å². The molecule has 1 unspecified atom stereocenters. The molecule has 0 aliphatic carbocycles. The van der Waals surface area contributed by atoms with E-state index < -0.39 is 11.6 Å². The van der Waals surface area contributed by atoms with Crippen LogP contribution in [0.2, 0.25) is 0 Å². The maximum Gasteiger partial charge on any atom is 0.325 e. The standard InChI is InChI=1S/C19H15N3O5/c1-19(11-6-7-14-15(8-11)26-10-25-14)17(23)22(18(24)21-19)9-16-20-12-4-2-3-5-13(12)27-16/h2-8H,9-10H2,1H3,(H,21,24). The van der Waals surface area contributed by atoms with Crippen molar-refractivity contribution in [3.05, 3.63) is 53.9 Å². The number of aromatic nitrogens is 1. The third-order valence-electron chi connectivity index (χ3n) is 4.86. The monoisotopic (exact) mass is 365 g/mol. The number of rotatable bonds is 3. The lowest BCUT2D eigenvalue weighted by Crippen LogP contribution is -2.40. The number of urea groups is 1. The molecule has 2 aliphatic heterocycles. The molecule has 3 aromatic rings. The van der Waals surface area contributed by atoms with Gasteiger partial charge in [0.2, 0.25) is 12.7 Å². The second-order valence-corrected chi connectivity index (χ2v) is 6.59. The summed E-state index contributed by atoms with van der Waals surface area (Å²) in [6.45, 7) is 1.76. The summed E-state index contributed by atoms with van der Waals surface area (Å²) in [4.78, 5) is 31.0. The fraction of sp³-hybridized carbons (Fsp3) is 0.211. The summed E-state index contributed by atoms with van der Waals surface area (Å²) in [6, 6.07) is 12.0. The van der Waals surface area contributed by atoms with Crippen molar-refractivity contribution in [1.82, 2.24) is 15.2 Å². The maximum atomic E-state index is 13.1. The Bertz CT molecular complexity index is 1060. The van der Waals surface area contributed by atoms with Crippen LogP contribution < -0.4 is 14.8 Å². The first-order valence-electron chi connectivity index (χ1n) is 8.43. The molecule has 2 aliphatic rings. The molecule has 0 bridgehead atoms. The maximum absolute atomic E-state index is 13.1. The molecular weight excluding hydrogens is 350 g/mol. The summed E-state index contributed by atoms with van der Waals surface area (Å²) < 4.78 is 16.3. The Kier molecular flexibility index (Phi) is 3.18. The largest absolute Gasteiger partial charge is 0.454 e. The Morgan fingerprint density at radius 3 is 2.81 bits per heavy atom. The number of carbonyl (C=O) groups excluding carboxylic acids is 2. The first kappa shape index (κ1) is 15.7. The van der Waals surface area contributed by atoms with Gasteiger partial charge in [-0.3, -0.25) is 9.69 Å². The van der Waals surface area contributed by atoms with Gasteiger partial charge in [0.05, 0.1) is 0 Å². The average Bonchev–Trinajstić information content (AvgIpc) is 3.34. The number of hydrogen-bond acceptors (Lipinski definition) is 6. The van der Waals surface area contributed by atoms with E-state index in [-0.39, 0.29) is 19.2 Å². The van der Waals surface area contributed by atoms with E-state index in [2.05, 4.69) is 10.3 Å². The van der Waals surface area contributed by atoms with Gasteiger partial charge in [0.25, 0.3) is 5.91 Å². The molecule has 8 heteroatoms. The predicted octanol–water partition coefficient (Wildman–Crippen LogP) is 2.52. The summed E-state index contributed by atoms with van der Waals surface area (Å²) in [6.07, 6.45) is 0. The number of oxazole rings is 1. The lowest BCUT2D eigenvalue weighted by molar-refractivity contribution is -0.131. The van der Waals surface area contributed by atoms with Crippen molar-refractivity contribution in [2.75, 3.05) is 6.79 Å². The Hall–Kier alpha value is -3.55. The van der Waals surface area contributed by atoms with Gasteiger partial charge in [-0.05, 0) is 36.8 Å². The zero-order valence-corrected chi connectivity index (χ0v) is 14.4. The normalized spacial score (nSPS) is 21.1. The molecule has 1 N–H and O–H groups in total. The topological polar surface area (TPSA) is 93.9 Å². The minimum atomic E-state index is -1.20. The molecule has 27 heavy (non-hydrogen) atoms. The summed E-state index contributed by atoms with van der Waals surface area (Å²) in [5.74, 6) is 1.08. The number of nitrogens with zero attached hydrogens (tertiary/aromatic N) is 2. The lowest BCUT2D eigenvalue weighted by Gasteiger charge is -2.22. The quantitative estimate of drug-likeness (QED) is 0.717. The highest BCUT2D eigenvalue weighted by atomic mass is 16.7. The number of hydrogen-bond donors (Lipinski definition) is 1. The van der Waals surface area contributed by atoms with Crippen molar-refractivity contribution in [2.45, 2.75) is 19.0 Å². The molecule has 1 atom stereocenters. The summed E-state index contributed by atoms with van der Waals surface area (Å²) in [5, 5.41) is 2.76. The molecule has 1 aromatic heterocycles. The molecule has 0 radical (unpaired) electrons. The fourth-order valence-electron chi connectivity index (χ4n) is 3.37. The number of nitrogens with one attached hydrogen (secondary N) is 1. The van der Waals surface area contributed by atoms with E-state index in [0.29, 0.717) is 34.1 Å². The van der Waals surface area contributed by atoms with Gasteiger partial charge < -0.3 is 19.2 Å².